The standard InChI is InChI=1S/C21H29N3O2S2/c1-11-8-9-14-16(10-11)28-20-17(14)19(26)23-21(24-20)27-13(3)18(25)22-15-7-5-4-6-12(15)2/h11-13,15H,4-10H2,1-3H3,(H,22,25)(H,23,24,26)/t11-,12+,13-,15-/m1/s1. The van der Waals surface area contributed by atoms with Crippen LogP contribution in [0, 0.1) is 11.8 Å². The second-order valence-corrected chi connectivity index (χ2v) is 11.0. The van der Waals surface area contributed by atoms with Gasteiger partial charge in [-0.3, -0.25) is 9.59 Å². The summed E-state index contributed by atoms with van der Waals surface area (Å²) in [7, 11) is 0. The predicted octanol–water partition coefficient (Wildman–Crippen LogP) is 4.28. The zero-order chi connectivity index (χ0) is 19.8. The molecule has 0 bridgehead atoms. The Balaban J connectivity index is 1.50. The van der Waals surface area contributed by atoms with E-state index in [1.807, 2.05) is 6.92 Å². The maximum Gasteiger partial charge on any atom is 0.260 e. The van der Waals surface area contributed by atoms with Gasteiger partial charge in [-0.25, -0.2) is 4.98 Å². The summed E-state index contributed by atoms with van der Waals surface area (Å²) in [5.74, 6) is 1.23. The fourth-order valence-electron chi connectivity index (χ4n) is 4.44. The van der Waals surface area contributed by atoms with E-state index >= 15 is 0 Å². The Bertz CT molecular complexity index is 936. The maximum absolute atomic E-state index is 12.7. The average molecular weight is 420 g/mol. The van der Waals surface area contributed by atoms with Crippen LogP contribution in [-0.4, -0.2) is 27.2 Å². The SMILES string of the molecule is C[C@@H]1CCc2c(sc3nc(S[C@H](C)C(=O)N[C@@H]4CCCC[C@@H]4C)[nH]c(=O)c23)C1. The molecule has 28 heavy (non-hydrogen) atoms. The fourth-order valence-corrected chi connectivity index (χ4v) is 6.68. The van der Waals surface area contributed by atoms with E-state index in [1.165, 1.54) is 41.5 Å². The minimum atomic E-state index is -0.288. The molecule has 2 N–H and O–H groups in total. The summed E-state index contributed by atoms with van der Waals surface area (Å²) < 4.78 is 0. The van der Waals surface area contributed by atoms with Crippen molar-refractivity contribution in [1.82, 2.24) is 15.3 Å². The summed E-state index contributed by atoms with van der Waals surface area (Å²) in [6.07, 6.45) is 7.81. The highest BCUT2D eigenvalue weighted by atomic mass is 32.2. The van der Waals surface area contributed by atoms with Crippen LogP contribution in [-0.2, 0) is 17.6 Å². The number of carbonyl (C=O) groups is 1. The van der Waals surface area contributed by atoms with Crippen molar-refractivity contribution in [2.24, 2.45) is 11.8 Å². The Labute approximate surface area is 174 Å². The fraction of sp³-hybridized carbons (Fsp3) is 0.667. The van der Waals surface area contributed by atoms with Gasteiger partial charge in [-0.15, -0.1) is 11.3 Å². The Morgan fingerprint density at radius 1 is 1.29 bits per heavy atom. The number of nitrogens with one attached hydrogen (secondary N) is 2. The molecular formula is C21H29N3O2S2. The van der Waals surface area contributed by atoms with E-state index < -0.39 is 0 Å². The van der Waals surface area contributed by atoms with Crippen LogP contribution < -0.4 is 10.9 Å². The van der Waals surface area contributed by atoms with Crippen molar-refractivity contribution in [1.29, 1.82) is 0 Å². The molecule has 0 aromatic carbocycles. The first kappa shape index (κ1) is 20.0. The van der Waals surface area contributed by atoms with E-state index in [4.69, 9.17) is 4.98 Å². The first-order valence-electron chi connectivity index (χ1n) is 10.4. The maximum atomic E-state index is 12.7. The highest BCUT2D eigenvalue weighted by Gasteiger charge is 2.27. The van der Waals surface area contributed by atoms with Gasteiger partial charge in [0.05, 0.1) is 10.6 Å². The summed E-state index contributed by atoms with van der Waals surface area (Å²) in [5.41, 5.74) is 1.13. The molecule has 4 atom stereocenters. The minimum Gasteiger partial charge on any atom is -0.352 e. The molecule has 5 nitrogen and oxygen atoms in total. The van der Waals surface area contributed by atoms with Gasteiger partial charge in [0.15, 0.2) is 5.16 Å². The number of aromatic nitrogens is 2. The Morgan fingerprint density at radius 3 is 2.86 bits per heavy atom. The lowest BCUT2D eigenvalue weighted by Crippen LogP contribution is -2.44. The highest BCUT2D eigenvalue weighted by molar-refractivity contribution is 8.00. The zero-order valence-electron chi connectivity index (χ0n) is 16.8. The Hall–Kier alpha value is -1.34. The number of amides is 1. The second-order valence-electron chi connectivity index (χ2n) is 8.54. The molecule has 0 saturated heterocycles. The molecule has 1 amide bonds. The number of aromatic amines is 1. The van der Waals surface area contributed by atoms with Gasteiger partial charge in [-0.1, -0.05) is 38.5 Å². The van der Waals surface area contributed by atoms with E-state index in [0.717, 1.165) is 35.9 Å². The number of thiophene rings is 1. The summed E-state index contributed by atoms with van der Waals surface area (Å²) in [6, 6.07) is 0.268. The van der Waals surface area contributed by atoms with Gasteiger partial charge in [-0.05, 0) is 56.4 Å². The van der Waals surface area contributed by atoms with Crippen molar-refractivity contribution in [3.8, 4) is 0 Å². The molecule has 7 heteroatoms. The van der Waals surface area contributed by atoms with E-state index in [0.29, 0.717) is 17.0 Å². The Morgan fingerprint density at radius 2 is 2.07 bits per heavy atom. The van der Waals surface area contributed by atoms with E-state index in [2.05, 4.69) is 24.1 Å². The average Bonchev–Trinajstić information content (AvgIpc) is 3.01. The topological polar surface area (TPSA) is 74.8 Å². The van der Waals surface area contributed by atoms with Gasteiger partial charge in [0, 0.05) is 10.9 Å². The second kappa shape index (κ2) is 8.19. The number of nitrogens with zero attached hydrogens (tertiary/aromatic N) is 1. The third-order valence-corrected chi connectivity index (χ3v) is 8.37. The van der Waals surface area contributed by atoms with Crippen LogP contribution in [0.5, 0.6) is 0 Å². The molecule has 0 aliphatic heterocycles. The summed E-state index contributed by atoms with van der Waals surface area (Å²) in [5, 5.41) is 4.23. The lowest BCUT2D eigenvalue weighted by atomic mass is 9.86. The molecule has 0 spiro atoms. The molecule has 2 aromatic heterocycles. The minimum absolute atomic E-state index is 0.0331. The number of rotatable bonds is 4. The van der Waals surface area contributed by atoms with Gasteiger partial charge < -0.3 is 10.3 Å². The van der Waals surface area contributed by atoms with E-state index in [9.17, 15) is 9.59 Å². The summed E-state index contributed by atoms with van der Waals surface area (Å²) in [6.45, 7) is 6.37. The van der Waals surface area contributed by atoms with Crippen molar-refractivity contribution in [3.63, 3.8) is 0 Å². The normalized spacial score (nSPS) is 26.0. The molecule has 2 aliphatic rings. The number of aryl methyl sites for hydroxylation is 1. The highest BCUT2D eigenvalue weighted by Crippen LogP contribution is 2.36. The molecule has 152 valence electrons. The molecular weight excluding hydrogens is 390 g/mol. The van der Waals surface area contributed by atoms with Crippen molar-refractivity contribution < 1.29 is 4.79 Å². The molecule has 1 fully saturated rings. The monoisotopic (exact) mass is 419 g/mol. The largest absolute Gasteiger partial charge is 0.352 e. The van der Waals surface area contributed by atoms with E-state index in [1.54, 1.807) is 11.3 Å². The third kappa shape index (κ3) is 4.01. The van der Waals surface area contributed by atoms with Gasteiger partial charge >= 0.3 is 0 Å². The number of H-pyrrole nitrogens is 1. The Kier molecular flexibility index (Phi) is 5.83. The molecule has 0 radical (unpaired) electrons. The summed E-state index contributed by atoms with van der Waals surface area (Å²) in [4.78, 5) is 35.1. The van der Waals surface area contributed by atoms with Crippen molar-refractivity contribution in [2.75, 3.05) is 0 Å². The lowest BCUT2D eigenvalue weighted by Gasteiger charge is -2.30. The molecule has 0 unspecified atom stereocenters. The number of hydrogen-bond donors (Lipinski definition) is 2. The van der Waals surface area contributed by atoms with Gasteiger partial charge in [-0.2, -0.15) is 0 Å². The van der Waals surface area contributed by atoms with Gasteiger partial charge in [0.2, 0.25) is 5.91 Å². The van der Waals surface area contributed by atoms with Crippen molar-refractivity contribution in [2.45, 2.75) is 82.2 Å². The van der Waals surface area contributed by atoms with Crippen LogP contribution >= 0.6 is 23.1 Å². The van der Waals surface area contributed by atoms with E-state index in [-0.39, 0.29) is 22.8 Å². The van der Waals surface area contributed by atoms with Gasteiger partial charge in [0.25, 0.3) is 5.56 Å². The van der Waals surface area contributed by atoms with Gasteiger partial charge in [0.1, 0.15) is 4.83 Å². The van der Waals surface area contributed by atoms with Crippen LogP contribution in [0.15, 0.2) is 9.95 Å². The first-order chi connectivity index (χ1) is 13.4. The first-order valence-corrected chi connectivity index (χ1v) is 12.1. The number of thioether (sulfide) groups is 1. The van der Waals surface area contributed by atoms with Crippen molar-refractivity contribution in [3.05, 3.63) is 20.8 Å². The number of fused-ring (bicyclic) bond motifs is 3. The molecule has 4 rings (SSSR count). The summed E-state index contributed by atoms with van der Waals surface area (Å²) >= 11 is 3.00. The van der Waals surface area contributed by atoms with Crippen LogP contribution in [0.1, 0.15) is 63.3 Å². The third-order valence-electron chi connectivity index (χ3n) is 6.24. The van der Waals surface area contributed by atoms with Crippen LogP contribution in [0.3, 0.4) is 0 Å². The molecule has 2 aliphatic carbocycles. The number of carbonyl (C=O) groups excluding carboxylic acids is 1. The number of hydrogen-bond acceptors (Lipinski definition) is 5. The lowest BCUT2D eigenvalue weighted by molar-refractivity contribution is -0.121. The molecule has 1 saturated carbocycles. The van der Waals surface area contributed by atoms with Crippen LogP contribution in [0.25, 0.3) is 10.2 Å². The molecule has 2 heterocycles. The van der Waals surface area contributed by atoms with Crippen LogP contribution in [0.4, 0.5) is 0 Å². The van der Waals surface area contributed by atoms with Crippen molar-refractivity contribution >= 4 is 39.2 Å². The predicted molar refractivity (Wildman–Crippen MR) is 116 cm³/mol. The molecule has 2 aromatic rings. The quantitative estimate of drug-likeness (QED) is 0.573. The van der Waals surface area contributed by atoms with Crippen LogP contribution in [0.2, 0.25) is 0 Å². The smallest absolute Gasteiger partial charge is 0.260 e. The zero-order valence-corrected chi connectivity index (χ0v) is 18.5.